The number of carbonyl (C=O) groups is 1. The highest BCUT2D eigenvalue weighted by molar-refractivity contribution is 7.89. The molecule has 1 amide bonds. The molecule has 0 bridgehead atoms. The lowest BCUT2D eigenvalue weighted by Gasteiger charge is -2.26. The predicted molar refractivity (Wildman–Crippen MR) is 108 cm³/mol. The van der Waals surface area contributed by atoms with E-state index in [9.17, 15) is 13.2 Å². The fraction of sp³-hybridized carbons (Fsp3) is 0.222. The van der Waals surface area contributed by atoms with Crippen molar-refractivity contribution in [3.63, 3.8) is 0 Å². The number of amides is 1. The van der Waals surface area contributed by atoms with E-state index in [1.165, 1.54) is 33.5 Å². The number of ether oxygens (including phenoxy) is 1. The maximum absolute atomic E-state index is 12.9. The van der Waals surface area contributed by atoms with E-state index in [1.807, 2.05) is 0 Å². The summed E-state index contributed by atoms with van der Waals surface area (Å²) in [7, 11) is -3.83. The Morgan fingerprint density at radius 3 is 2.50 bits per heavy atom. The number of halogens is 1. The van der Waals surface area contributed by atoms with Gasteiger partial charge in [-0.25, -0.2) is 13.1 Å². The summed E-state index contributed by atoms with van der Waals surface area (Å²) < 4.78 is 33.8. The number of aromatic nitrogens is 4. The molecule has 4 rings (SSSR count). The number of morpholine rings is 1. The molecule has 1 aromatic heterocycles. The number of nitrogens with one attached hydrogen (secondary N) is 1. The van der Waals surface area contributed by atoms with Crippen molar-refractivity contribution in [1.82, 2.24) is 24.5 Å². The minimum atomic E-state index is -3.83. The summed E-state index contributed by atoms with van der Waals surface area (Å²) in [5.41, 5.74) is 1.43. The molecule has 1 fully saturated rings. The van der Waals surface area contributed by atoms with Crippen molar-refractivity contribution >= 4 is 33.2 Å². The molecule has 0 spiro atoms. The molecule has 12 heteroatoms. The molecule has 1 N–H and O–H groups in total. The van der Waals surface area contributed by atoms with Gasteiger partial charge < -0.3 is 10.1 Å². The molecule has 2 aromatic carbocycles. The Kier molecular flexibility index (Phi) is 5.77. The second kappa shape index (κ2) is 8.48. The van der Waals surface area contributed by atoms with Gasteiger partial charge in [0.2, 0.25) is 10.0 Å². The van der Waals surface area contributed by atoms with Gasteiger partial charge >= 0.3 is 0 Å². The van der Waals surface area contributed by atoms with E-state index in [0.717, 1.165) is 5.69 Å². The van der Waals surface area contributed by atoms with Crippen LogP contribution in [0.15, 0.2) is 53.7 Å². The van der Waals surface area contributed by atoms with Crippen LogP contribution in [0.5, 0.6) is 0 Å². The van der Waals surface area contributed by atoms with Crippen molar-refractivity contribution in [1.29, 1.82) is 0 Å². The van der Waals surface area contributed by atoms with Gasteiger partial charge in [0, 0.05) is 24.3 Å². The molecule has 0 radical (unpaired) electrons. The lowest BCUT2D eigenvalue weighted by Crippen LogP contribution is -2.40. The van der Waals surface area contributed by atoms with E-state index in [0.29, 0.717) is 18.9 Å². The molecule has 3 aromatic rings. The Labute approximate surface area is 177 Å². The SMILES string of the molecule is O=C(Nc1ccc(-n2cnnn2)cc1)c1ccc(Cl)c(S(=O)(=O)N2CCOCC2)c1. The Bertz CT molecular complexity index is 1150. The quantitative estimate of drug-likeness (QED) is 0.629. The number of nitrogens with zero attached hydrogens (tertiary/aromatic N) is 5. The van der Waals surface area contributed by atoms with Crippen molar-refractivity contribution < 1.29 is 17.9 Å². The lowest BCUT2D eigenvalue weighted by molar-refractivity contribution is 0.0730. The van der Waals surface area contributed by atoms with Crippen LogP contribution in [0.25, 0.3) is 5.69 Å². The van der Waals surface area contributed by atoms with Gasteiger partial charge in [0.15, 0.2) is 0 Å². The van der Waals surface area contributed by atoms with E-state index in [-0.39, 0.29) is 28.6 Å². The van der Waals surface area contributed by atoms with Crippen LogP contribution < -0.4 is 5.32 Å². The van der Waals surface area contributed by atoms with Crippen LogP contribution in [-0.2, 0) is 14.8 Å². The minimum Gasteiger partial charge on any atom is -0.379 e. The third kappa shape index (κ3) is 4.19. The molecule has 0 atom stereocenters. The van der Waals surface area contributed by atoms with Crippen LogP contribution in [0.4, 0.5) is 5.69 Å². The van der Waals surface area contributed by atoms with E-state index < -0.39 is 15.9 Å². The Hall–Kier alpha value is -2.86. The van der Waals surface area contributed by atoms with Crippen LogP contribution in [0.1, 0.15) is 10.4 Å². The molecular weight excluding hydrogens is 432 g/mol. The van der Waals surface area contributed by atoms with Crippen LogP contribution in [0.2, 0.25) is 5.02 Å². The normalized spacial score (nSPS) is 15.1. The van der Waals surface area contributed by atoms with Crippen LogP contribution in [0, 0.1) is 0 Å². The summed E-state index contributed by atoms with van der Waals surface area (Å²) in [6.07, 6.45) is 1.46. The second-order valence-corrected chi connectivity index (χ2v) is 8.73. The summed E-state index contributed by atoms with van der Waals surface area (Å²) in [5, 5.41) is 13.7. The van der Waals surface area contributed by atoms with Crippen LogP contribution >= 0.6 is 11.6 Å². The smallest absolute Gasteiger partial charge is 0.255 e. The highest BCUT2D eigenvalue weighted by Crippen LogP contribution is 2.27. The van der Waals surface area contributed by atoms with Gasteiger partial charge in [-0.15, -0.1) is 5.10 Å². The topological polar surface area (TPSA) is 119 Å². The monoisotopic (exact) mass is 448 g/mol. The maximum atomic E-state index is 12.9. The van der Waals surface area contributed by atoms with Crippen LogP contribution in [0.3, 0.4) is 0 Å². The van der Waals surface area contributed by atoms with Crippen molar-refractivity contribution in [2.75, 3.05) is 31.6 Å². The number of carbonyl (C=O) groups excluding carboxylic acids is 1. The largest absolute Gasteiger partial charge is 0.379 e. The third-order valence-corrected chi connectivity index (χ3v) is 6.90. The number of rotatable bonds is 5. The van der Waals surface area contributed by atoms with Crippen molar-refractivity contribution in [3.8, 4) is 5.69 Å². The van der Waals surface area contributed by atoms with Gasteiger partial charge in [0.25, 0.3) is 5.91 Å². The fourth-order valence-electron chi connectivity index (χ4n) is 2.95. The molecule has 0 aliphatic carbocycles. The molecule has 1 aliphatic heterocycles. The van der Waals surface area contributed by atoms with E-state index >= 15 is 0 Å². The Morgan fingerprint density at radius 1 is 1.10 bits per heavy atom. The van der Waals surface area contributed by atoms with Gasteiger partial charge in [0.1, 0.15) is 11.2 Å². The highest BCUT2D eigenvalue weighted by atomic mass is 35.5. The van der Waals surface area contributed by atoms with Crippen molar-refractivity contribution in [2.45, 2.75) is 4.90 Å². The zero-order valence-corrected chi connectivity index (χ0v) is 17.2. The fourth-order valence-corrected chi connectivity index (χ4v) is 4.86. The van der Waals surface area contributed by atoms with E-state index in [1.54, 1.807) is 24.3 Å². The summed E-state index contributed by atoms with van der Waals surface area (Å²) >= 11 is 6.14. The van der Waals surface area contributed by atoms with Gasteiger partial charge in [-0.05, 0) is 52.9 Å². The number of hydrogen-bond donors (Lipinski definition) is 1. The van der Waals surface area contributed by atoms with E-state index in [4.69, 9.17) is 16.3 Å². The average Bonchev–Trinajstić information content (AvgIpc) is 3.30. The van der Waals surface area contributed by atoms with Gasteiger partial charge in [-0.1, -0.05) is 11.6 Å². The first-order chi connectivity index (χ1) is 14.4. The van der Waals surface area contributed by atoms with Crippen molar-refractivity contribution in [2.24, 2.45) is 0 Å². The summed E-state index contributed by atoms with van der Waals surface area (Å²) in [6.45, 7) is 1.11. The molecule has 0 unspecified atom stereocenters. The molecule has 0 saturated carbocycles. The molecule has 1 saturated heterocycles. The summed E-state index contributed by atoms with van der Waals surface area (Å²) in [6, 6.07) is 11.0. The van der Waals surface area contributed by atoms with Gasteiger partial charge in [0.05, 0.1) is 23.9 Å². The second-order valence-electron chi connectivity index (χ2n) is 6.42. The molecular formula is C18H17ClN6O4S. The van der Waals surface area contributed by atoms with E-state index in [2.05, 4.69) is 20.8 Å². The Morgan fingerprint density at radius 2 is 1.83 bits per heavy atom. The first kappa shape index (κ1) is 20.4. The number of anilines is 1. The first-order valence-corrected chi connectivity index (χ1v) is 10.8. The molecule has 1 aliphatic rings. The molecule has 30 heavy (non-hydrogen) atoms. The zero-order chi connectivity index (χ0) is 21.1. The Balaban J connectivity index is 1.54. The standard InChI is InChI=1S/C18H17ClN6O4S/c19-16-6-1-13(11-17(16)30(27,28)24-7-9-29-10-8-24)18(26)21-14-2-4-15(5-3-14)25-12-20-22-23-25/h1-6,11-12H,7-10H2,(H,21,26). The third-order valence-electron chi connectivity index (χ3n) is 4.52. The van der Waals surface area contributed by atoms with Crippen molar-refractivity contribution in [3.05, 3.63) is 59.4 Å². The number of hydrogen-bond acceptors (Lipinski definition) is 7. The lowest BCUT2D eigenvalue weighted by atomic mass is 10.2. The predicted octanol–water partition coefficient (Wildman–Crippen LogP) is 1.59. The number of benzene rings is 2. The summed E-state index contributed by atoms with van der Waals surface area (Å²) in [4.78, 5) is 12.6. The van der Waals surface area contributed by atoms with Gasteiger partial charge in [-0.3, -0.25) is 4.79 Å². The summed E-state index contributed by atoms with van der Waals surface area (Å²) in [5.74, 6) is -0.458. The molecule has 156 valence electrons. The molecule has 10 nitrogen and oxygen atoms in total. The number of tetrazole rings is 1. The zero-order valence-electron chi connectivity index (χ0n) is 15.6. The van der Waals surface area contributed by atoms with Crippen LogP contribution in [-0.4, -0.2) is 65.1 Å². The molecule has 2 heterocycles. The first-order valence-electron chi connectivity index (χ1n) is 8.97. The maximum Gasteiger partial charge on any atom is 0.255 e. The van der Waals surface area contributed by atoms with Gasteiger partial charge in [-0.2, -0.15) is 4.31 Å². The highest BCUT2D eigenvalue weighted by Gasteiger charge is 2.29. The minimum absolute atomic E-state index is 0.0591. The average molecular weight is 449 g/mol. The number of sulfonamides is 1.